The normalized spacial score (nSPS) is 20.6. The molecule has 6 nitrogen and oxygen atoms in total. The van der Waals surface area contributed by atoms with Crippen molar-refractivity contribution >= 4 is 13.3 Å². The van der Waals surface area contributed by atoms with Gasteiger partial charge in [-0.05, 0) is 40.4 Å². The Labute approximate surface area is 107 Å². The average molecular weight is 260 g/mol. The first-order valence-corrected chi connectivity index (χ1v) is 6.03. The minimum atomic E-state index is -1.07. The van der Waals surface area contributed by atoms with Crippen LogP contribution in [0.1, 0.15) is 34.1 Å². The van der Waals surface area contributed by atoms with Crippen molar-refractivity contribution in [3.8, 4) is 0 Å². The third kappa shape index (κ3) is 4.15. The summed E-state index contributed by atoms with van der Waals surface area (Å²) in [4.78, 5) is 10.7. The van der Waals surface area contributed by atoms with Crippen LogP contribution < -0.4 is 0 Å². The summed E-state index contributed by atoms with van der Waals surface area (Å²) >= 11 is 0. The largest absolute Gasteiger partial charge is 0.508 e. The van der Waals surface area contributed by atoms with E-state index in [1.54, 1.807) is 27.7 Å². The first-order chi connectivity index (χ1) is 8.12. The van der Waals surface area contributed by atoms with E-state index in [0.717, 1.165) is 0 Å². The van der Waals surface area contributed by atoms with Crippen LogP contribution in [0.15, 0.2) is 0 Å². The van der Waals surface area contributed by atoms with Crippen LogP contribution in [0.25, 0.3) is 0 Å². The third-order valence-corrected chi connectivity index (χ3v) is 3.29. The summed E-state index contributed by atoms with van der Waals surface area (Å²) < 4.78 is 14.9. The molecule has 0 spiro atoms. The number of hydrogen-bond donors (Lipinski definition) is 2. The van der Waals surface area contributed by atoms with E-state index in [4.69, 9.17) is 9.39 Å². The molecule has 18 heavy (non-hydrogen) atoms. The lowest BCUT2D eigenvalue weighted by atomic mass is 9.78. The van der Waals surface area contributed by atoms with Crippen LogP contribution in [0.5, 0.6) is 0 Å². The van der Waals surface area contributed by atoms with Crippen molar-refractivity contribution in [3.05, 3.63) is 0 Å². The maximum absolute atomic E-state index is 10.7. The number of carbonyl (C=O) groups excluding carboxylic acids is 1. The molecule has 1 atom stereocenters. The van der Waals surface area contributed by atoms with Crippen LogP contribution in [0.4, 0.5) is 4.79 Å². The fourth-order valence-corrected chi connectivity index (χ4v) is 1.38. The fourth-order valence-electron chi connectivity index (χ4n) is 1.38. The molecule has 1 aliphatic rings. The maximum atomic E-state index is 10.7. The van der Waals surface area contributed by atoms with E-state index < -0.39 is 24.5 Å². The van der Waals surface area contributed by atoms with Crippen LogP contribution in [-0.2, 0) is 14.1 Å². The Bertz CT molecular complexity index is 298. The molecule has 0 aromatic carbocycles. The van der Waals surface area contributed by atoms with Gasteiger partial charge in [0.2, 0.25) is 0 Å². The predicted molar refractivity (Wildman–Crippen MR) is 65.1 cm³/mol. The Balaban J connectivity index is 2.33. The lowest BCUT2D eigenvalue weighted by Crippen LogP contribution is -2.50. The molecule has 2 N–H and O–H groups in total. The van der Waals surface area contributed by atoms with E-state index in [0.29, 0.717) is 12.7 Å². The number of cyclic esters (lactones) is 2. The SMILES string of the molecule is CC(C)(O)C(C)(C)OB(O)CCC1COC(=O)O1. The highest BCUT2D eigenvalue weighted by Gasteiger charge is 2.39. The van der Waals surface area contributed by atoms with Gasteiger partial charge in [-0.2, -0.15) is 0 Å². The molecular formula is C11H21BO6. The molecule has 0 aromatic heterocycles. The van der Waals surface area contributed by atoms with Gasteiger partial charge in [0.05, 0.1) is 11.2 Å². The Kier molecular flexibility index (Phi) is 4.63. The molecule has 104 valence electrons. The molecular weight excluding hydrogens is 239 g/mol. The van der Waals surface area contributed by atoms with Crippen LogP contribution in [0, 0.1) is 0 Å². The molecule has 0 aliphatic carbocycles. The monoisotopic (exact) mass is 260 g/mol. The van der Waals surface area contributed by atoms with Crippen LogP contribution in [-0.4, -0.2) is 47.3 Å². The summed E-state index contributed by atoms with van der Waals surface area (Å²) in [6.45, 7) is 6.85. The van der Waals surface area contributed by atoms with E-state index in [1.807, 2.05) is 0 Å². The third-order valence-electron chi connectivity index (χ3n) is 3.29. The molecule has 0 radical (unpaired) electrons. The highest BCUT2D eigenvalue weighted by Crippen LogP contribution is 2.26. The number of aliphatic hydroxyl groups is 1. The summed E-state index contributed by atoms with van der Waals surface area (Å²) in [6, 6.07) is 0. The van der Waals surface area contributed by atoms with Gasteiger partial charge in [-0.3, -0.25) is 0 Å². The van der Waals surface area contributed by atoms with E-state index in [2.05, 4.69) is 4.74 Å². The van der Waals surface area contributed by atoms with Gasteiger partial charge in [-0.1, -0.05) is 0 Å². The van der Waals surface area contributed by atoms with Crippen molar-refractivity contribution in [2.24, 2.45) is 0 Å². The number of rotatable bonds is 6. The number of hydrogen-bond acceptors (Lipinski definition) is 6. The Hall–Kier alpha value is -0.785. The van der Waals surface area contributed by atoms with E-state index in [1.165, 1.54) is 0 Å². The first-order valence-electron chi connectivity index (χ1n) is 6.03. The molecule has 0 aromatic rings. The van der Waals surface area contributed by atoms with Gasteiger partial charge in [0.15, 0.2) is 0 Å². The van der Waals surface area contributed by atoms with Crippen molar-refractivity contribution in [2.45, 2.75) is 57.7 Å². The van der Waals surface area contributed by atoms with Gasteiger partial charge < -0.3 is 24.3 Å². The molecule has 7 heteroatoms. The minimum absolute atomic E-state index is 0.209. The molecule has 1 fully saturated rings. The minimum Gasteiger partial charge on any atom is -0.430 e. The highest BCUT2D eigenvalue weighted by molar-refractivity contribution is 6.42. The lowest BCUT2D eigenvalue weighted by molar-refractivity contribution is -0.100. The fraction of sp³-hybridized carbons (Fsp3) is 0.909. The summed E-state index contributed by atoms with van der Waals surface area (Å²) in [6.07, 6.45) is -0.247. The Morgan fingerprint density at radius 2 is 2.06 bits per heavy atom. The van der Waals surface area contributed by atoms with Gasteiger partial charge >= 0.3 is 13.3 Å². The van der Waals surface area contributed by atoms with Gasteiger partial charge in [0.25, 0.3) is 0 Å². The Morgan fingerprint density at radius 1 is 1.44 bits per heavy atom. The van der Waals surface area contributed by atoms with Crippen LogP contribution in [0.3, 0.4) is 0 Å². The van der Waals surface area contributed by atoms with E-state index in [-0.39, 0.29) is 12.7 Å². The van der Waals surface area contributed by atoms with Crippen LogP contribution in [0.2, 0.25) is 6.32 Å². The second-order valence-corrected chi connectivity index (χ2v) is 5.52. The van der Waals surface area contributed by atoms with Crippen molar-refractivity contribution in [1.82, 2.24) is 0 Å². The maximum Gasteiger partial charge on any atom is 0.508 e. The van der Waals surface area contributed by atoms with Crippen molar-refractivity contribution < 1.29 is 29.1 Å². The molecule has 1 heterocycles. The molecule has 0 amide bonds. The zero-order chi connectivity index (χ0) is 14.0. The molecule has 1 unspecified atom stereocenters. The smallest absolute Gasteiger partial charge is 0.430 e. The van der Waals surface area contributed by atoms with Crippen molar-refractivity contribution in [2.75, 3.05) is 6.61 Å². The van der Waals surface area contributed by atoms with Crippen molar-refractivity contribution in [1.29, 1.82) is 0 Å². The van der Waals surface area contributed by atoms with E-state index >= 15 is 0 Å². The van der Waals surface area contributed by atoms with Gasteiger partial charge in [-0.15, -0.1) is 0 Å². The molecule has 1 rings (SSSR count). The number of ether oxygens (including phenoxy) is 2. The Morgan fingerprint density at radius 3 is 2.50 bits per heavy atom. The zero-order valence-corrected chi connectivity index (χ0v) is 11.3. The standard InChI is InChI=1S/C11H21BO6/c1-10(2,14)11(3,4)18-12(15)6-5-8-7-16-9(13)17-8/h8,14-15H,5-7H2,1-4H3. The zero-order valence-electron chi connectivity index (χ0n) is 11.3. The summed E-state index contributed by atoms with van der Waals surface area (Å²) in [5, 5.41) is 19.6. The highest BCUT2D eigenvalue weighted by atomic mass is 16.8. The summed E-state index contributed by atoms with van der Waals surface area (Å²) in [5.74, 6) is 0. The van der Waals surface area contributed by atoms with Crippen LogP contribution >= 0.6 is 0 Å². The topological polar surface area (TPSA) is 85.2 Å². The van der Waals surface area contributed by atoms with E-state index in [9.17, 15) is 14.9 Å². The first kappa shape index (κ1) is 15.3. The summed E-state index contributed by atoms with van der Waals surface area (Å²) in [7, 11) is -1.02. The second kappa shape index (κ2) is 5.46. The molecule has 0 bridgehead atoms. The summed E-state index contributed by atoms with van der Waals surface area (Å²) in [5.41, 5.74) is -1.95. The molecule has 1 saturated heterocycles. The quantitative estimate of drug-likeness (QED) is 0.546. The molecule has 0 saturated carbocycles. The van der Waals surface area contributed by atoms with Gasteiger partial charge in [0.1, 0.15) is 12.7 Å². The predicted octanol–water partition coefficient (Wildman–Crippen LogP) is 0.959. The van der Waals surface area contributed by atoms with Gasteiger partial charge in [0, 0.05) is 0 Å². The number of carbonyl (C=O) groups is 1. The average Bonchev–Trinajstić information content (AvgIpc) is 2.59. The van der Waals surface area contributed by atoms with Crippen molar-refractivity contribution in [3.63, 3.8) is 0 Å². The lowest BCUT2D eigenvalue weighted by Gasteiger charge is -2.38. The van der Waals surface area contributed by atoms with Gasteiger partial charge in [-0.25, -0.2) is 4.79 Å². The second-order valence-electron chi connectivity index (χ2n) is 5.52. The molecule has 1 aliphatic heterocycles.